The molecule has 6 heteroatoms. The van der Waals surface area contributed by atoms with E-state index in [1.165, 1.54) is 6.42 Å². The first kappa shape index (κ1) is 13.5. The molecule has 100 valence electrons. The highest BCUT2D eigenvalue weighted by Gasteiger charge is 2.33. The monoisotopic (exact) mass is 313 g/mol. The summed E-state index contributed by atoms with van der Waals surface area (Å²) in [5, 5.41) is 0. The van der Waals surface area contributed by atoms with Crippen molar-refractivity contribution in [3.63, 3.8) is 0 Å². The van der Waals surface area contributed by atoms with E-state index in [9.17, 15) is 0 Å². The van der Waals surface area contributed by atoms with Crippen LogP contribution in [0.15, 0.2) is 10.7 Å². The number of nitrogens with two attached hydrogens (primary N) is 1. The van der Waals surface area contributed by atoms with Crippen molar-refractivity contribution in [3.8, 4) is 0 Å². The number of nitrogens with one attached hydrogen (secondary N) is 1. The van der Waals surface area contributed by atoms with Crippen molar-refractivity contribution < 1.29 is 0 Å². The maximum Gasteiger partial charge on any atom is 0.239 e. The van der Waals surface area contributed by atoms with Gasteiger partial charge in [-0.3, -0.25) is 5.43 Å². The molecule has 1 saturated heterocycles. The number of rotatable bonds is 2. The number of aromatic nitrogens is 2. The third kappa shape index (κ3) is 2.75. The zero-order valence-corrected chi connectivity index (χ0v) is 12.7. The standard InChI is InChI=1S/C12H20BrN5/c1-12(2,3)8-4-5-18(7-8)10-9(13)6-15-11(16-10)17-14/h6,8H,4-5,7,14H2,1-3H3,(H,15,16,17). The lowest BCUT2D eigenvalue weighted by atomic mass is 9.80. The number of nitrogens with zero attached hydrogens (tertiary/aromatic N) is 3. The summed E-state index contributed by atoms with van der Waals surface area (Å²) in [6, 6.07) is 0. The minimum Gasteiger partial charge on any atom is -0.355 e. The molecule has 1 aromatic heterocycles. The molecule has 18 heavy (non-hydrogen) atoms. The summed E-state index contributed by atoms with van der Waals surface area (Å²) in [5.41, 5.74) is 2.83. The van der Waals surface area contributed by atoms with E-state index in [4.69, 9.17) is 5.84 Å². The Balaban J connectivity index is 2.19. The van der Waals surface area contributed by atoms with Crippen molar-refractivity contribution in [2.75, 3.05) is 23.4 Å². The molecule has 2 rings (SSSR count). The van der Waals surface area contributed by atoms with Gasteiger partial charge in [0.15, 0.2) is 0 Å². The Bertz CT molecular complexity index is 429. The van der Waals surface area contributed by atoms with Gasteiger partial charge in [0.2, 0.25) is 5.95 Å². The Morgan fingerprint density at radius 1 is 1.50 bits per heavy atom. The minimum absolute atomic E-state index is 0.337. The van der Waals surface area contributed by atoms with Gasteiger partial charge in [-0.05, 0) is 33.7 Å². The molecule has 0 aromatic carbocycles. The van der Waals surface area contributed by atoms with Gasteiger partial charge in [0, 0.05) is 19.3 Å². The average Bonchev–Trinajstić information content (AvgIpc) is 2.78. The van der Waals surface area contributed by atoms with E-state index in [1.807, 2.05) is 0 Å². The molecule has 1 aliphatic heterocycles. The van der Waals surface area contributed by atoms with Crippen LogP contribution in [0.3, 0.4) is 0 Å². The molecule has 0 radical (unpaired) electrons. The second kappa shape index (κ2) is 5.01. The number of halogens is 1. The van der Waals surface area contributed by atoms with Crippen LogP contribution in [0.2, 0.25) is 0 Å². The summed E-state index contributed by atoms with van der Waals surface area (Å²) < 4.78 is 0.913. The summed E-state index contributed by atoms with van der Waals surface area (Å²) in [7, 11) is 0. The molecule has 1 aliphatic rings. The molecule has 0 saturated carbocycles. The first-order valence-corrected chi connectivity index (χ1v) is 6.95. The third-order valence-corrected chi connectivity index (χ3v) is 4.13. The van der Waals surface area contributed by atoms with E-state index < -0.39 is 0 Å². The van der Waals surface area contributed by atoms with Crippen LogP contribution < -0.4 is 16.2 Å². The second-order valence-electron chi connectivity index (χ2n) is 5.81. The van der Waals surface area contributed by atoms with Crippen LogP contribution in [-0.2, 0) is 0 Å². The SMILES string of the molecule is CC(C)(C)C1CCN(c2nc(NN)ncc2Br)C1. The summed E-state index contributed by atoms with van der Waals surface area (Å²) in [4.78, 5) is 10.8. The molecule has 1 unspecified atom stereocenters. The first-order valence-electron chi connectivity index (χ1n) is 6.16. The molecule has 1 aromatic rings. The van der Waals surface area contributed by atoms with Gasteiger partial charge in [0.05, 0.1) is 4.47 Å². The van der Waals surface area contributed by atoms with Gasteiger partial charge >= 0.3 is 0 Å². The average molecular weight is 314 g/mol. The summed E-state index contributed by atoms with van der Waals surface area (Å²) in [6.45, 7) is 8.94. The molecule has 3 N–H and O–H groups in total. The number of hydrogen-bond acceptors (Lipinski definition) is 5. The number of hydrazine groups is 1. The van der Waals surface area contributed by atoms with Crippen molar-refractivity contribution >= 4 is 27.7 Å². The third-order valence-electron chi connectivity index (χ3n) is 3.57. The Morgan fingerprint density at radius 3 is 2.78 bits per heavy atom. The van der Waals surface area contributed by atoms with E-state index in [0.29, 0.717) is 17.3 Å². The van der Waals surface area contributed by atoms with Crippen molar-refractivity contribution in [2.45, 2.75) is 27.2 Å². The van der Waals surface area contributed by atoms with E-state index in [1.54, 1.807) is 6.20 Å². The molecule has 0 bridgehead atoms. The zero-order chi connectivity index (χ0) is 13.3. The van der Waals surface area contributed by atoms with Gasteiger partial charge in [0.1, 0.15) is 5.82 Å². The Hall–Kier alpha value is -0.880. The van der Waals surface area contributed by atoms with Crippen LogP contribution in [-0.4, -0.2) is 23.1 Å². The van der Waals surface area contributed by atoms with Crippen molar-refractivity contribution in [3.05, 3.63) is 10.7 Å². The fourth-order valence-electron chi connectivity index (χ4n) is 2.31. The first-order chi connectivity index (χ1) is 8.41. The molecular weight excluding hydrogens is 294 g/mol. The van der Waals surface area contributed by atoms with Crippen LogP contribution in [0.5, 0.6) is 0 Å². The van der Waals surface area contributed by atoms with Crippen LogP contribution in [0.25, 0.3) is 0 Å². The van der Waals surface area contributed by atoms with Gasteiger partial charge in [-0.25, -0.2) is 10.8 Å². The molecule has 5 nitrogen and oxygen atoms in total. The van der Waals surface area contributed by atoms with Crippen LogP contribution in [0, 0.1) is 11.3 Å². The summed E-state index contributed by atoms with van der Waals surface area (Å²) in [6.07, 6.45) is 2.94. The normalized spacial score (nSPS) is 20.3. The van der Waals surface area contributed by atoms with Crippen LogP contribution >= 0.6 is 15.9 Å². The van der Waals surface area contributed by atoms with Crippen LogP contribution in [0.1, 0.15) is 27.2 Å². The van der Waals surface area contributed by atoms with Gasteiger partial charge in [0.25, 0.3) is 0 Å². The Morgan fingerprint density at radius 2 is 2.22 bits per heavy atom. The Labute approximate surface area is 116 Å². The van der Waals surface area contributed by atoms with Crippen LogP contribution in [0.4, 0.5) is 11.8 Å². The largest absolute Gasteiger partial charge is 0.355 e. The van der Waals surface area contributed by atoms with Gasteiger partial charge in [-0.1, -0.05) is 20.8 Å². The number of hydrogen-bond donors (Lipinski definition) is 2. The fraction of sp³-hybridized carbons (Fsp3) is 0.667. The molecule has 1 fully saturated rings. The summed E-state index contributed by atoms with van der Waals surface area (Å²) in [5.74, 6) is 7.42. The highest BCUT2D eigenvalue weighted by molar-refractivity contribution is 9.10. The molecule has 2 heterocycles. The smallest absolute Gasteiger partial charge is 0.239 e. The molecule has 0 amide bonds. The molecular formula is C12H20BrN5. The predicted octanol–water partition coefficient (Wildman–Crippen LogP) is 2.40. The van der Waals surface area contributed by atoms with E-state index in [0.717, 1.165) is 23.4 Å². The van der Waals surface area contributed by atoms with E-state index in [-0.39, 0.29) is 0 Å². The minimum atomic E-state index is 0.337. The molecule has 0 aliphatic carbocycles. The van der Waals surface area contributed by atoms with Gasteiger partial charge in [-0.15, -0.1) is 0 Å². The van der Waals surface area contributed by atoms with Crippen molar-refractivity contribution in [1.82, 2.24) is 9.97 Å². The lowest BCUT2D eigenvalue weighted by Crippen LogP contribution is -2.27. The quantitative estimate of drug-likeness (QED) is 0.648. The molecule has 0 spiro atoms. The number of anilines is 2. The second-order valence-corrected chi connectivity index (χ2v) is 6.66. The highest BCUT2D eigenvalue weighted by atomic mass is 79.9. The van der Waals surface area contributed by atoms with Gasteiger partial charge in [-0.2, -0.15) is 4.98 Å². The topological polar surface area (TPSA) is 67.1 Å². The molecule has 1 atom stereocenters. The van der Waals surface area contributed by atoms with E-state index >= 15 is 0 Å². The lowest BCUT2D eigenvalue weighted by Gasteiger charge is -2.27. The fourth-order valence-corrected chi connectivity index (χ4v) is 2.75. The highest BCUT2D eigenvalue weighted by Crippen LogP contribution is 2.37. The van der Waals surface area contributed by atoms with E-state index in [2.05, 4.69) is 57.0 Å². The maximum atomic E-state index is 5.36. The zero-order valence-electron chi connectivity index (χ0n) is 11.1. The van der Waals surface area contributed by atoms with Gasteiger partial charge < -0.3 is 4.90 Å². The number of nitrogen functional groups attached to an aromatic ring is 1. The Kier molecular flexibility index (Phi) is 3.77. The predicted molar refractivity (Wildman–Crippen MR) is 77.3 cm³/mol. The summed E-state index contributed by atoms with van der Waals surface area (Å²) >= 11 is 3.50. The maximum absolute atomic E-state index is 5.36. The van der Waals surface area contributed by atoms with Crippen molar-refractivity contribution in [1.29, 1.82) is 0 Å². The van der Waals surface area contributed by atoms with Crippen molar-refractivity contribution in [2.24, 2.45) is 17.2 Å². The lowest BCUT2D eigenvalue weighted by molar-refractivity contribution is 0.263.